The first-order valence-electron chi connectivity index (χ1n) is 4.93. The maximum absolute atomic E-state index is 11.3. The molecule has 0 saturated carbocycles. The van der Waals surface area contributed by atoms with Crippen molar-refractivity contribution >= 4 is 23.6 Å². The Bertz CT molecular complexity index is 338. The number of H-pyrrole nitrogens is 1. The number of rotatable bonds is 7. The third-order valence-corrected chi connectivity index (χ3v) is 2.85. The van der Waals surface area contributed by atoms with Gasteiger partial charge in [-0.3, -0.25) is 9.59 Å². The summed E-state index contributed by atoms with van der Waals surface area (Å²) < 4.78 is 0. The van der Waals surface area contributed by atoms with E-state index in [9.17, 15) is 9.59 Å². The Morgan fingerprint density at radius 3 is 2.94 bits per heavy atom. The standard InChI is InChI=1S/C10H15N3O2S/c11-9(14)7-16-4-2-10(15)13-6-8-1-3-12-5-8/h1,3,5,12H,2,4,6-7H2,(H2,11,14)(H,13,15). The number of nitrogens with two attached hydrogens (primary N) is 1. The second-order valence-electron chi connectivity index (χ2n) is 3.26. The van der Waals surface area contributed by atoms with Crippen LogP contribution in [0.15, 0.2) is 18.5 Å². The molecule has 0 bridgehead atoms. The summed E-state index contributed by atoms with van der Waals surface area (Å²) in [5, 5.41) is 2.78. The Hall–Kier alpha value is -1.43. The number of thioether (sulfide) groups is 1. The zero-order valence-electron chi connectivity index (χ0n) is 8.86. The maximum atomic E-state index is 11.3. The Morgan fingerprint density at radius 1 is 1.50 bits per heavy atom. The molecular formula is C10H15N3O2S. The van der Waals surface area contributed by atoms with E-state index < -0.39 is 0 Å². The van der Waals surface area contributed by atoms with Crippen molar-refractivity contribution in [3.8, 4) is 0 Å². The van der Waals surface area contributed by atoms with Crippen LogP contribution in [0.25, 0.3) is 0 Å². The third-order valence-electron chi connectivity index (χ3n) is 1.87. The van der Waals surface area contributed by atoms with Gasteiger partial charge in [0.05, 0.1) is 5.75 Å². The Labute approximate surface area is 98.2 Å². The number of carbonyl (C=O) groups excluding carboxylic acids is 2. The highest BCUT2D eigenvalue weighted by atomic mass is 32.2. The van der Waals surface area contributed by atoms with Gasteiger partial charge in [0.25, 0.3) is 0 Å². The van der Waals surface area contributed by atoms with Crippen LogP contribution in [0, 0.1) is 0 Å². The van der Waals surface area contributed by atoms with Crippen molar-refractivity contribution in [2.75, 3.05) is 11.5 Å². The van der Waals surface area contributed by atoms with Gasteiger partial charge in [-0.15, -0.1) is 0 Å². The van der Waals surface area contributed by atoms with Crippen molar-refractivity contribution in [1.29, 1.82) is 0 Å². The first kappa shape index (κ1) is 12.6. The lowest BCUT2D eigenvalue weighted by atomic mass is 10.3. The largest absolute Gasteiger partial charge is 0.369 e. The van der Waals surface area contributed by atoms with E-state index in [1.54, 1.807) is 0 Å². The molecule has 2 amide bonds. The predicted molar refractivity (Wildman–Crippen MR) is 63.8 cm³/mol. The first-order chi connectivity index (χ1) is 7.68. The summed E-state index contributed by atoms with van der Waals surface area (Å²) >= 11 is 1.37. The molecule has 88 valence electrons. The van der Waals surface area contributed by atoms with E-state index in [4.69, 9.17) is 5.73 Å². The molecule has 0 aliphatic carbocycles. The second kappa shape index (κ2) is 6.95. The van der Waals surface area contributed by atoms with Crippen LogP contribution < -0.4 is 11.1 Å². The van der Waals surface area contributed by atoms with E-state index in [1.807, 2.05) is 18.5 Å². The van der Waals surface area contributed by atoms with Crippen LogP contribution in [0.4, 0.5) is 0 Å². The average molecular weight is 241 g/mol. The molecular weight excluding hydrogens is 226 g/mol. The summed E-state index contributed by atoms with van der Waals surface area (Å²) in [6.07, 6.45) is 4.05. The number of nitrogens with one attached hydrogen (secondary N) is 2. The molecule has 0 radical (unpaired) electrons. The normalized spacial score (nSPS) is 10.0. The van der Waals surface area contributed by atoms with Gasteiger partial charge in [0.2, 0.25) is 11.8 Å². The zero-order valence-corrected chi connectivity index (χ0v) is 9.68. The smallest absolute Gasteiger partial charge is 0.227 e. The first-order valence-corrected chi connectivity index (χ1v) is 6.08. The predicted octanol–water partition coefficient (Wildman–Crippen LogP) is 0.239. The molecule has 0 fully saturated rings. The van der Waals surface area contributed by atoms with E-state index in [0.29, 0.717) is 18.7 Å². The molecule has 1 aromatic heterocycles. The molecule has 0 aliphatic heterocycles. The van der Waals surface area contributed by atoms with E-state index in [0.717, 1.165) is 5.56 Å². The molecule has 1 aromatic rings. The van der Waals surface area contributed by atoms with Crippen LogP contribution in [0.1, 0.15) is 12.0 Å². The van der Waals surface area contributed by atoms with Crippen LogP contribution >= 0.6 is 11.8 Å². The quantitative estimate of drug-likeness (QED) is 0.597. The Balaban J connectivity index is 2.05. The van der Waals surface area contributed by atoms with Crippen molar-refractivity contribution in [2.45, 2.75) is 13.0 Å². The summed E-state index contributed by atoms with van der Waals surface area (Å²) in [5.74, 6) is 0.517. The number of carbonyl (C=O) groups is 2. The molecule has 0 atom stereocenters. The van der Waals surface area contributed by atoms with Gasteiger partial charge < -0.3 is 16.0 Å². The van der Waals surface area contributed by atoms with Crippen LogP contribution in [0.5, 0.6) is 0 Å². The molecule has 0 aromatic carbocycles. The van der Waals surface area contributed by atoms with E-state index in [-0.39, 0.29) is 17.6 Å². The topological polar surface area (TPSA) is 88.0 Å². The van der Waals surface area contributed by atoms with Crippen LogP contribution in [0.3, 0.4) is 0 Å². The SMILES string of the molecule is NC(=O)CSCCC(=O)NCc1cc[nH]c1. The molecule has 5 nitrogen and oxygen atoms in total. The molecule has 4 N–H and O–H groups in total. The van der Waals surface area contributed by atoms with Crippen LogP contribution in [-0.2, 0) is 16.1 Å². The van der Waals surface area contributed by atoms with Gasteiger partial charge in [-0.2, -0.15) is 11.8 Å². The molecule has 16 heavy (non-hydrogen) atoms. The van der Waals surface area contributed by atoms with Crippen molar-refractivity contribution in [1.82, 2.24) is 10.3 Å². The highest BCUT2D eigenvalue weighted by Gasteiger charge is 2.02. The van der Waals surface area contributed by atoms with E-state index in [2.05, 4.69) is 10.3 Å². The highest BCUT2D eigenvalue weighted by molar-refractivity contribution is 7.99. The molecule has 0 aliphatic rings. The Kier molecular flexibility index (Phi) is 5.49. The second-order valence-corrected chi connectivity index (χ2v) is 4.37. The fourth-order valence-electron chi connectivity index (χ4n) is 1.10. The number of hydrogen-bond acceptors (Lipinski definition) is 3. The van der Waals surface area contributed by atoms with Gasteiger partial charge in [-0.1, -0.05) is 0 Å². The number of hydrogen-bond donors (Lipinski definition) is 3. The number of amides is 2. The van der Waals surface area contributed by atoms with Crippen molar-refractivity contribution in [2.24, 2.45) is 5.73 Å². The van der Waals surface area contributed by atoms with Gasteiger partial charge in [-0.05, 0) is 11.6 Å². The Morgan fingerprint density at radius 2 is 2.31 bits per heavy atom. The summed E-state index contributed by atoms with van der Waals surface area (Å²) in [7, 11) is 0. The third kappa shape index (κ3) is 5.45. The zero-order chi connectivity index (χ0) is 11.8. The minimum absolute atomic E-state index is 0.0156. The number of aromatic nitrogens is 1. The monoisotopic (exact) mass is 241 g/mol. The molecule has 1 heterocycles. The lowest BCUT2D eigenvalue weighted by molar-refractivity contribution is -0.121. The minimum atomic E-state index is -0.349. The van der Waals surface area contributed by atoms with Gasteiger partial charge in [0.15, 0.2) is 0 Å². The van der Waals surface area contributed by atoms with Gasteiger partial charge >= 0.3 is 0 Å². The number of primary amides is 1. The van der Waals surface area contributed by atoms with Gasteiger partial charge in [-0.25, -0.2) is 0 Å². The van der Waals surface area contributed by atoms with Crippen molar-refractivity contribution in [3.63, 3.8) is 0 Å². The lowest BCUT2D eigenvalue weighted by Gasteiger charge is -2.03. The summed E-state index contributed by atoms with van der Waals surface area (Å²) in [6.45, 7) is 0.531. The van der Waals surface area contributed by atoms with Gasteiger partial charge in [0.1, 0.15) is 0 Å². The fourth-order valence-corrected chi connectivity index (χ4v) is 1.77. The minimum Gasteiger partial charge on any atom is -0.369 e. The van der Waals surface area contributed by atoms with E-state index in [1.165, 1.54) is 11.8 Å². The highest BCUT2D eigenvalue weighted by Crippen LogP contribution is 2.01. The van der Waals surface area contributed by atoms with Crippen LogP contribution in [0.2, 0.25) is 0 Å². The van der Waals surface area contributed by atoms with Crippen LogP contribution in [-0.4, -0.2) is 28.3 Å². The molecule has 0 saturated heterocycles. The average Bonchev–Trinajstić information content (AvgIpc) is 2.74. The fraction of sp³-hybridized carbons (Fsp3) is 0.400. The van der Waals surface area contributed by atoms with E-state index >= 15 is 0 Å². The molecule has 0 unspecified atom stereocenters. The summed E-state index contributed by atoms with van der Waals surface area (Å²) in [4.78, 5) is 24.7. The van der Waals surface area contributed by atoms with Crippen molar-refractivity contribution in [3.05, 3.63) is 24.0 Å². The molecule has 0 spiro atoms. The van der Waals surface area contributed by atoms with Crippen molar-refractivity contribution < 1.29 is 9.59 Å². The van der Waals surface area contributed by atoms with Gasteiger partial charge in [0, 0.05) is 31.1 Å². The molecule has 1 rings (SSSR count). The molecule has 6 heteroatoms. The lowest BCUT2D eigenvalue weighted by Crippen LogP contribution is -2.23. The summed E-state index contributed by atoms with van der Waals surface area (Å²) in [6, 6.07) is 1.90. The maximum Gasteiger partial charge on any atom is 0.227 e. The number of aromatic amines is 1. The summed E-state index contributed by atoms with van der Waals surface area (Å²) in [5.41, 5.74) is 6.01.